The van der Waals surface area contributed by atoms with Crippen molar-refractivity contribution in [1.82, 2.24) is 5.32 Å². The molecule has 2 rings (SSSR count). The molecule has 1 N–H and O–H groups in total. The number of amides is 1. The van der Waals surface area contributed by atoms with Gasteiger partial charge in [0, 0.05) is 25.2 Å². The summed E-state index contributed by atoms with van der Waals surface area (Å²) in [6, 6.07) is 8.31. The Hall–Kier alpha value is -1.20. The molecular weight excluding hydrogens is 252 g/mol. The summed E-state index contributed by atoms with van der Waals surface area (Å²) in [5.74, 6) is 0.629. The van der Waals surface area contributed by atoms with Gasteiger partial charge >= 0.3 is 0 Å². The molecule has 0 unspecified atom stereocenters. The second kappa shape index (κ2) is 5.42. The van der Waals surface area contributed by atoms with Gasteiger partial charge in [-0.3, -0.25) is 4.79 Å². The number of nitrogens with one attached hydrogen (secondary N) is 1. The predicted molar refractivity (Wildman–Crippen MR) is 79.1 cm³/mol. The number of hydrogen-bond donors (Lipinski definition) is 1. The molecule has 0 aromatic heterocycles. The average Bonchev–Trinajstić information content (AvgIpc) is 2.73. The van der Waals surface area contributed by atoms with Gasteiger partial charge in [-0.2, -0.15) is 0 Å². The number of carbonyl (C=O) groups excluding carboxylic acids is 1. The summed E-state index contributed by atoms with van der Waals surface area (Å²) < 4.78 is 0.965. The minimum absolute atomic E-state index is 0.0915. The van der Waals surface area contributed by atoms with E-state index in [1.54, 1.807) is 22.7 Å². The Morgan fingerprint density at radius 3 is 2.59 bits per heavy atom. The fourth-order valence-corrected chi connectivity index (χ4v) is 3.04. The zero-order valence-electron chi connectivity index (χ0n) is 9.77. The predicted octanol–water partition coefficient (Wildman–Crippen LogP) is 1.59. The molecule has 1 aliphatic rings. The van der Waals surface area contributed by atoms with Gasteiger partial charge < -0.3 is 10.2 Å². The minimum atomic E-state index is 0.0915. The molecule has 0 spiro atoms. The van der Waals surface area contributed by atoms with Crippen molar-refractivity contribution in [3.8, 4) is 0 Å². The Morgan fingerprint density at radius 1 is 1.35 bits per heavy atom. The van der Waals surface area contributed by atoms with Crippen LogP contribution in [0.5, 0.6) is 0 Å². The van der Waals surface area contributed by atoms with Crippen molar-refractivity contribution >= 4 is 44.0 Å². The Kier molecular flexibility index (Phi) is 3.91. The largest absolute Gasteiger partial charge is 0.378 e. The van der Waals surface area contributed by atoms with Crippen molar-refractivity contribution in [2.45, 2.75) is 0 Å². The third-order valence-electron chi connectivity index (χ3n) is 2.29. The molecule has 5 heteroatoms. The molecular formula is C12H14N2OS2. The van der Waals surface area contributed by atoms with Crippen molar-refractivity contribution in [3.05, 3.63) is 29.8 Å². The van der Waals surface area contributed by atoms with Gasteiger partial charge in [0.25, 0.3) is 0 Å². The van der Waals surface area contributed by atoms with E-state index in [0.29, 0.717) is 5.75 Å². The maximum absolute atomic E-state index is 11.0. The molecule has 90 valence electrons. The van der Waals surface area contributed by atoms with E-state index >= 15 is 0 Å². The molecule has 0 atom stereocenters. The van der Waals surface area contributed by atoms with E-state index in [1.807, 2.05) is 19.5 Å². The standard InChI is InChI=1S/C12H14N2OS2/c1-14(2)10-5-3-9(4-6-10)7-16-12-13-11(15)8-17-12/h3-7H,8H2,1-2H3,(H,13,15). The number of carbonyl (C=O) groups is 1. The molecule has 1 amide bonds. The third kappa shape index (κ3) is 3.38. The second-order valence-electron chi connectivity index (χ2n) is 3.85. The molecule has 1 aromatic rings. The maximum atomic E-state index is 11.0. The molecule has 0 saturated carbocycles. The molecule has 17 heavy (non-hydrogen) atoms. The van der Waals surface area contributed by atoms with Gasteiger partial charge in [0.2, 0.25) is 5.91 Å². The lowest BCUT2D eigenvalue weighted by molar-refractivity contribution is -0.116. The Balaban J connectivity index is 2.14. The minimum Gasteiger partial charge on any atom is -0.378 e. The lowest BCUT2D eigenvalue weighted by atomic mass is 10.2. The number of hydrogen-bond acceptors (Lipinski definition) is 3. The van der Waals surface area contributed by atoms with E-state index in [-0.39, 0.29) is 5.91 Å². The summed E-state index contributed by atoms with van der Waals surface area (Å²) in [5, 5.41) is 4.87. The highest BCUT2D eigenvalue weighted by atomic mass is 32.2. The van der Waals surface area contributed by atoms with Crippen LogP contribution in [-0.4, -0.2) is 35.4 Å². The lowest BCUT2D eigenvalue weighted by Crippen LogP contribution is -2.18. The monoisotopic (exact) mass is 266 g/mol. The number of benzene rings is 1. The molecule has 0 radical (unpaired) electrons. The van der Waals surface area contributed by atoms with Crippen molar-refractivity contribution in [2.75, 3.05) is 24.7 Å². The average molecular weight is 266 g/mol. The molecule has 3 nitrogen and oxygen atoms in total. The second-order valence-corrected chi connectivity index (χ2v) is 5.97. The van der Waals surface area contributed by atoms with Crippen LogP contribution in [0.2, 0.25) is 0 Å². The van der Waals surface area contributed by atoms with E-state index in [0.717, 1.165) is 9.88 Å². The van der Waals surface area contributed by atoms with E-state index in [9.17, 15) is 4.79 Å². The fourth-order valence-electron chi connectivity index (χ4n) is 1.35. The van der Waals surface area contributed by atoms with E-state index < -0.39 is 0 Å². The summed E-state index contributed by atoms with van der Waals surface area (Å²) in [4.78, 5) is 13.1. The molecule has 1 heterocycles. The van der Waals surface area contributed by atoms with Gasteiger partial charge in [0.05, 0.1) is 5.75 Å². The maximum Gasteiger partial charge on any atom is 0.235 e. The first-order chi connectivity index (χ1) is 8.15. The fraction of sp³-hybridized carbons (Fsp3) is 0.250. The number of rotatable bonds is 2. The van der Waals surface area contributed by atoms with Crippen LogP contribution in [0.1, 0.15) is 5.56 Å². The van der Waals surface area contributed by atoms with Gasteiger partial charge in [0.1, 0.15) is 4.32 Å². The van der Waals surface area contributed by atoms with Crippen molar-refractivity contribution in [2.24, 2.45) is 0 Å². The summed E-state index contributed by atoms with van der Waals surface area (Å²) in [6.07, 6.45) is 0. The highest BCUT2D eigenvalue weighted by Gasteiger charge is 2.13. The first-order valence-corrected chi connectivity index (χ1v) is 7.08. The Morgan fingerprint density at radius 2 is 2.06 bits per heavy atom. The summed E-state index contributed by atoms with van der Waals surface area (Å²) in [6.45, 7) is 0. The van der Waals surface area contributed by atoms with Crippen LogP contribution in [0, 0.1) is 0 Å². The van der Waals surface area contributed by atoms with Gasteiger partial charge in [0.15, 0.2) is 0 Å². The van der Waals surface area contributed by atoms with Crippen molar-refractivity contribution in [1.29, 1.82) is 0 Å². The summed E-state index contributed by atoms with van der Waals surface area (Å²) in [7, 11) is 5.61. The van der Waals surface area contributed by atoms with Crippen LogP contribution in [0.15, 0.2) is 24.3 Å². The lowest BCUT2D eigenvalue weighted by Gasteiger charge is -2.11. The normalized spacial score (nSPS) is 14.5. The summed E-state index contributed by atoms with van der Waals surface area (Å²) >= 11 is 1.56. The molecule has 0 bridgehead atoms. The number of nitrogens with zero attached hydrogens (tertiary/aromatic N) is 1. The van der Waals surface area contributed by atoms with Gasteiger partial charge in [-0.1, -0.05) is 23.9 Å². The smallest absolute Gasteiger partial charge is 0.235 e. The van der Waals surface area contributed by atoms with Crippen LogP contribution < -0.4 is 10.2 Å². The van der Waals surface area contributed by atoms with Gasteiger partial charge in [-0.05, 0) is 17.7 Å². The summed E-state index contributed by atoms with van der Waals surface area (Å²) in [5.41, 5.74) is 2.33. The highest BCUT2D eigenvalue weighted by Crippen LogP contribution is 2.12. The van der Waals surface area contributed by atoms with Gasteiger partial charge in [-0.15, -0.1) is 10.9 Å². The van der Waals surface area contributed by atoms with Crippen molar-refractivity contribution in [3.63, 3.8) is 0 Å². The van der Waals surface area contributed by atoms with Crippen molar-refractivity contribution < 1.29 is 4.79 Å². The number of anilines is 1. The molecule has 1 aromatic carbocycles. The highest BCUT2D eigenvalue weighted by molar-refractivity contribution is 8.27. The number of thioether (sulfide) groups is 1. The molecule has 1 saturated heterocycles. The van der Waals surface area contributed by atoms with Crippen LogP contribution >= 0.6 is 22.7 Å². The van der Waals surface area contributed by atoms with E-state index in [1.165, 1.54) is 5.69 Å². The van der Waals surface area contributed by atoms with E-state index in [2.05, 4.69) is 34.5 Å². The topological polar surface area (TPSA) is 32.3 Å². The first kappa shape index (κ1) is 12.3. The first-order valence-electron chi connectivity index (χ1n) is 5.22. The van der Waals surface area contributed by atoms with Crippen LogP contribution in [0.4, 0.5) is 5.69 Å². The molecule has 1 fully saturated rings. The van der Waals surface area contributed by atoms with Crippen LogP contribution in [0.25, 0.3) is 0 Å². The van der Waals surface area contributed by atoms with Gasteiger partial charge in [-0.25, -0.2) is 0 Å². The third-order valence-corrected chi connectivity index (χ3v) is 4.41. The van der Waals surface area contributed by atoms with Crippen LogP contribution in [0.3, 0.4) is 0 Å². The molecule has 1 aliphatic heterocycles. The van der Waals surface area contributed by atoms with E-state index in [4.69, 9.17) is 0 Å². The Bertz CT molecular complexity index is 488. The quantitative estimate of drug-likeness (QED) is 0.825. The van der Waals surface area contributed by atoms with Crippen LogP contribution in [-0.2, 0) is 4.79 Å². The molecule has 0 aliphatic carbocycles. The zero-order chi connectivity index (χ0) is 12.3. The Labute approximate surface area is 109 Å². The zero-order valence-corrected chi connectivity index (χ0v) is 11.4. The SMILES string of the molecule is CN(C)c1ccc(C=S=C2NC(=O)CS2)cc1.